The smallest absolute Gasteiger partial charge is 0.252 e. The molecule has 8 nitrogen and oxygen atoms in total. The maximum Gasteiger partial charge on any atom is 0.252 e. The molecule has 0 saturated carbocycles. The fourth-order valence-corrected chi connectivity index (χ4v) is 6.95. The van der Waals surface area contributed by atoms with Gasteiger partial charge in [-0.1, -0.05) is 6.07 Å². The number of aromatic nitrogens is 3. The van der Waals surface area contributed by atoms with Gasteiger partial charge in [0.25, 0.3) is 10.0 Å². The summed E-state index contributed by atoms with van der Waals surface area (Å²) in [4.78, 5) is 4.01. The minimum atomic E-state index is -3.54. The molecule has 2 aliphatic heterocycles. The Morgan fingerprint density at radius 3 is 2.66 bits per heavy atom. The SMILES string of the molecule is O=S(=O)(c1cccs1)N1CC(c2nnc(-c3ccncc3)o2)C2(CCOCC2)C1. The summed E-state index contributed by atoms with van der Waals surface area (Å²) in [7, 11) is -3.54. The van der Waals surface area contributed by atoms with Crippen LogP contribution in [0, 0.1) is 5.41 Å². The molecule has 1 atom stereocenters. The zero-order chi connectivity index (χ0) is 19.9. The topological polar surface area (TPSA) is 98.4 Å². The van der Waals surface area contributed by atoms with E-state index in [9.17, 15) is 8.42 Å². The molecule has 0 aliphatic carbocycles. The highest BCUT2D eigenvalue weighted by molar-refractivity contribution is 7.91. The maximum atomic E-state index is 13.2. The maximum absolute atomic E-state index is 13.2. The van der Waals surface area contributed by atoms with E-state index in [1.807, 2.05) is 12.1 Å². The molecule has 0 N–H and O–H groups in total. The van der Waals surface area contributed by atoms with Crippen molar-refractivity contribution < 1.29 is 17.6 Å². The molecule has 0 bridgehead atoms. The van der Waals surface area contributed by atoms with Gasteiger partial charge in [-0.05, 0) is 36.4 Å². The van der Waals surface area contributed by atoms with Crippen molar-refractivity contribution in [3.63, 3.8) is 0 Å². The van der Waals surface area contributed by atoms with Crippen LogP contribution in [-0.2, 0) is 14.8 Å². The van der Waals surface area contributed by atoms with E-state index >= 15 is 0 Å². The van der Waals surface area contributed by atoms with Gasteiger partial charge in [0, 0.05) is 49.7 Å². The molecule has 2 fully saturated rings. The number of ether oxygens (including phenoxy) is 1. The molecule has 0 radical (unpaired) electrons. The highest BCUT2D eigenvalue weighted by atomic mass is 32.2. The van der Waals surface area contributed by atoms with Gasteiger partial charge in [-0.25, -0.2) is 8.42 Å². The third-order valence-corrected chi connectivity index (χ3v) is 9.05. The third-order valence-electron chi connectivity index (χ3n) is 5.86. The molecule has 1 unspecified atom stereocenters. The predicted octanol–water partition coefficient (Wildman–Crippen LogP) is 2.78. The Balaban J connectivity index is 1.50. The van der Waals surface area contributed by atoms with E-state index in [1.165, 1.54) is 11.3 Å². The van der Waals surface area contributed by atoms with E-state index in [0.29, 0.717) is 42.3 Å². The quantitative estimate of drug-likeness (QED) is 0.625. The second-order valence-electron chi connectivity index (χ2n) is 7.44. The van der Waals surface area contributed by atoms with Crippen molar-refractivity contribution >= 4 is 21.4 Å². The van der Waals surface area contributed by atoms with Crippen LogP contribution in [0.25, 0.3) is 11.5 Å². The van der Waals surface area contributed by atoms with Crippen molar-refractivity contribution in [2.24, 2.45) is 5.41 Å². The first-order valence-corrected chi connectivity index (χ1v) is 11.8. The largest absolute Gasteiger partial charge is 0.420 e. The molecule has 0 aromatic carbocycles. The first-order valence-electron chi connectivity index (χ1n) is 9.44. The van der Waals surface area contributed by atoms with E-state index in [-0.39, 0.29) is 11.3 Å². The number of sulfonamides is 1. The number of thiophene rings is 1. The van der Waals surface area contributed by atoms with Gasteiger partial charge in [-0.15, -0.1) is 21.5 Å². The van der Waals surface area contributed by atoms with Gasteiger partial charge >= 0.3 is 0 Å². The monoisotopic (exact) mass is 432 g/mol. The first kappa shape index (κ1) is 18.9. The van der Waals surface area contributed by atoms with Crippen LogP contribution in [-0.4, -0.2) is 54.2 Å². The average molecular weight is 433 g/mol. The molecule has 1 spiro atoms. The number of nitrogens with zero attached hydrogens (tertiary/aromatic N) is 4. The predicted molar refractivity (Wildman–Crippen MR) is 106 cm³/mol. The Labute approximate surface area is 172 Å². The standard InChI is InChI=1S/C19H20N4O4S2/c24-29(25,16-2-1-11-28-16)23-12-15(19(13-23)5-9-26-10-6-19)18-22-21-17(27-18)14-3-7-20-8-4-14/h1-4,7-8,11,15H,5-6,9-10,12-13H2. The minimum absolute atomic E-state index is 0.163. The molecule has 29 heavy (non-hydrogen) atoms. The van der Waals surface area contributed by atoms with Crippen molar-refractivity contribution in [3.05, 3.63) is 47.9 Å². The lowest BCUT2D eigenvalue weighted by atomic mass is 9.72. The van der Waals surface area contributed by atoms with E-state index < -0.39 is 10.0 Å². The van der Waals surface area contributed by atoms with Crippen molar-refractivity contribution in [3.8, 4) is 11.5 Å². The lowest BCUT2D eigenvalue weighted by Crippen LogP contribution is -2.37. The lowest BCUT2D eigenvalue weighted by Gasteiger charge is -2.36. The Bertz CT molecular complexity index is 1080. The van der Waals surface area contributed by atoms with Gasteiger partial charge in [0.1, 0.15) is 4.21 Å². The molecule has 0 amide bonds. The lowest BCUT2D eigenvalue weighted by molar-refractivity contribution is 0.0112. The van der Waals surface area contributed by atoms with Gasteiger partial charge in [-0.3, -0.25) is 4.98 Å². The summed E-state index contributed by atoms with van der Waals surface area (Å²) < 4.78 is 39.8. The van der Waals surface area contributed by atoms with E-state index in [0.717, 1.165) is 18.4 Å². The summed E-state index contributed by atoms with van der Waals surface area (Å²) in [5.41, 5.74) is 0.533. The van der Waals surface area contributed by atoms with Crippen LogP contribution in [0.5, 0.6) is 0 Å². The molecular formula is C19H20N4O4S2. The molecule has 152 valence electrons. The Hall–Kier alpha value is -2.14. The van der Waals surface area contributed by atoms with Gasteiger partial charge in [-0.2, -0.15) is 4.31 Å². The van der Waals surface area contributed by atoms with Crippen LogP contribution >= 0.6 is 11.3 Å². The molecule has 2 aliphatic rings. The molecule has 2 saturated heterocycles. The first-order chi connectivity index (χ1) is 14.1. The second kappa shape index (κ2) is 7.28. The Morgan fingerprint density at radius 2 is 1.93 bits per heavy atom. The van der Waals surface area contributed by atoms with Gasteiger partial charge in [0.15, 0.2) is 0 Å². The number of hydrogen-bond acceptors (Lipinski definition) is 8. The van der Waals surface area contributed by atoms with Crippen LogP contribution < -0.4 is 0 Å². The fourth-order valence-electron chi connectivity index (χ4n) is 4.25. The number of rotatable bonds is 4. The van der Waals surface area contributed by atoms with E-state index in [1.54, 1.807) is 34.2 Å². The highest BCUT2D eigenvalue weighted by Gasteiger charge is 2.53. The van der Waals surface area contributed by atoms with Gasteiger partial charge in [0.2, 0.25) is 11.8 Å². The normalized spacial score (nSPS) is 22.3. The van der Waals surface area contributed by atoms with Crippen molar-refractivity contribution in [2.45, 2.75) is 23.0 Å². The molecular weight excluding hydrogens is 412 g/mol. The molecule has 10 heteroatoms. The summed E-state index contributed by atoms with van der Waals surface area (Å²) in [5.74, 6) is 0.746. The summed E-state index contributed by atoms with van der Waals surface area (Å²) in [6.07, 6.45) is 4.87. The second-order valence-corrected chi connectivity index (χ2v) is 10.6. The molecule has 3 aromatic heterocycles. The molecule has 3 aromatic rings. The Kier molecular flexibility index (Phi) is 4.73. The number of hydrogen-bond donors (Lipinski definition) is 0. The third kappa shape index (κ3) is 3.29. The van der Waals surface area contributed by atoms with Gasteiger partial charge in [0.05, 0.1) is 5.92 Å². The molecule has 5 heterocycles. The average Bonchev–Trinajstić information content (AvgIpc) is 3.50. The van der Waals surface area contributed by atoms with E-state index in [4.69, 9.17) is 9.15 Å². The van der Waals surface area contributed by atoms with Crippen molar-refractivity contribution in [2.75, 3.05) is 26.3 Å². The van der Waals surface area contributed by atoms with Crippen LogP contribution in [0.4, 0.5) is 0 Å². The van der Waals surface area contributed by atoms with Gasteiger partial charge < -0.3 is 9.15 Å². The van der Waals surface area contributed by atoms with Crippen LogP contribution in [0.15, 0.2) is 50.7 Å². The molecule has 5 rings (SSSR count). The van der Waals surface area contributed by atoms with E-state index in [2.05, 4.69) is 15.2 Å². The van der Waals surface area contributed by atoms with Crippen molar-refractivity contribution in [1.82, 2.24) is 19.5 Å². The zero-order valence-corrected chi connectivity index (χ0v) is 17.2. The summed E-state index contributed by atoms with van der Waals surface area (Å²) in [6.45, 7) is 1.98. The zero-order valence-electron chi connectivity index (χ0n) is 15.6. The van der Waals surface area contributed by atoms with Crippen LogP contribution in [0.2, 0.25) is 0 Å². The fraction of sp³-hybridized carbons (Fsp3) is 0.421. The minimum Gasteiger partial charge on any atom is -0.420 e. The highest BCUT2D eigenvalue weighted by Crippen LogP contribution is 2.50. The van der Waals surface area contributed by atoms with Crippen molar-refractivity contribution in [1.29, 1.82) is 0 Å². The summed E-state index contributed by atoms with van der Waals surface area (Å²) >= 11 is 1.24. The number of pyridine rings is 1. The summed E-state index contributed by atoms with van der Waals surface area (Å²) in [5, 5.41) is 10.3. The van der Waals surface area contributed by atoms with Crippen LogP contribution in [0.1, 0.15) is 24.7 Å². The summed E-state index contributed by atoms with van der Waals surface area (Å²) in [6, 6.07) is 7.03. The Morgan fingerprint density at radius 1 is 1.14 bits per heavy atom. The van der Waals surface area contributed by atoms with Crippen LogP contribution in [0.3, 0.4) is 0 Å².